The van der Waals surface area contributed by atoms with E-state index in [-0.39, 0.29) is 0 Å². The van der Waals surface area contributed by atoms with Gasteiger partial charge in [-0.3, -0.25) is 4.79 Å². The molecule has 0 fully saturated rings. The number of nitrogens with one attached hydrogen (secondary N) is 1. The summed E-state index contributed by atoms with van der Waals surface area (Å²) in [5, 5.41) is 11.8. The number of carboxylic acids is 1. The van der Waals surface area contributed by atoms with Gasteiger partial charge >= 0.3 is 5.97 Å². The van der Waals surface area contributed by atoms with Gasteiger partial charge in [-0.1, -0.05) is 18.5 Å². The number of aliphatic carboxylic acids is 1. The van der Waals surface area contributed by atoms with Gasteiger partial charge in [0.25, 0.3) is 5.91 Å². The maximum atomic E-state index is 11.9. The third-order valence-corrected chi connectivity index (χ3v) is 3.44. The summed E-state index contributed by atoms with van der Waals surface area (Å²) in [5.41, 5.74) is 0. The van der Waals surface area contributed by atoms with E-state index in [2.05, 4.69) is 21.2 Å². The molecule has 0 heterocycles. The van der Waals surface area contributed by atoms with Gasteiger partial charge in [0.2, 0.25) is 0 Å². The molecule has 1 aromatic rings. The summed E-state index contributed by atoms with van der Waals surface area (Å²) in [6.45, 7) is 3.23. The largest absolute Gasteiger partial charge is 0.480 e. The van der Waals surface area contributed by atoms with Crippen LogP contribution in [0.3, 0.4) is 0 Å². The molecule has 0 aromatic heterocycles. The van der Waals surface area contributed by atoms with E-state index >= 15 is 0 Å². The number of amides is 1. The highest BCUT2D eigenvalue weighted by molar-refractivity contribution is 9.10. The van der Waals surface area contributed by atoms with E-state index in [0.717, 1.165) is 0 Å². The van der Waals surface area contributed by atoms with Crippen molar-refractivity contribution in [3.63, 3.8) is 0 Å². The Kier molecular flexibility index (Phi) is 6.29. The second-order valence-electron chi connectivity index (χ2n) is 4.14. The van der Waals surface area contributed by atoms with Gasteiger partial charge in [0, 0.05) is 5.02 Å². The van der Waals surface area contributed by atoms with Gasteiger partial charge in [0.1, 0.15) is 11.8 Å². The van der Waals surface area contributed by atoms with Crippen molar-refractivity contribution in [2.75, 3.05) is 0 Å². The molecule has 5 nitrogen and oxygen atoms in total. The number of carbonyl (C=O) groups excluding carboxylic acids is 1. The number of carboxylic acid groups (broad SMARTS) is 1. The standard InChI is InChI=1S/C13H15BrClNO4/c1-3-10(13(18)19)16-12(17)7(2)20-11-5-4-8(15)6-9(11)14/h4-7,10H,3H2,1-2H3,(H,16,17)(H,18,19)/t7?,10-/m1/s1. The second-order valence-corrected chi connectivity index (χ2v) is 5.43. The zero-order valence-electron chi connectivity index (χ0n) is 11.0. The molecule has 1 rings (SSSR count). The van der Waals surface area contributed by atoms with E-state index < -0.39 is 24.0 Å². The average Bonchev–Trinajstić information content (AvgIpc) is 2.38. The number of rotatable bonds is 6. The Balaban J connectivity index is 2.68. The molecule has 110 valence electrons. The summed E-state index contributed by atoms with van der Waals surface area (Å²) in [6.07, 6.45) is -0.515. The van der Waals surface area contributed by atoms with Crippen LogP contribution in [-0.4, -0.2) is 29.1 Å². The Morgan fingerprint density at radius 2 is 2.15 bits per heavy atom. The van der Waals surface area contributed by atoms with Crippen LogP contribution >= 0.6 is 27.5 Å². The molecule has 0 aliphatic carbocycles. The molecular formula is C13H15BrClNO4. The van der Waals surface area contributed by atoms with E-state index in [1.165, 1.54) is 0 Å². The van der Waals surface area contributed by atoms with Crippen LogP contribution in [0, 0.1) is 0 Å². The summed E-state index contributed by atoms with van der Waals surface area (Å²) >= 11 is 9.09. The van der Waals surface area contributed by atoms with Gasteiger partial charge in [0.05, 0.1) is 4.47 Å². The van der Waals surface area contributed by atoms with Gasteiger partial charge in [0.15, 0.2) is 6.10 Å². The van der Waals surface area contributed by atoms with Crippen molar-refractivity contribution in [2.24, 2.45) is 0 Å². The fourth-order valence-corrected chi connectivity index (χ4v) is 2.22. The van der Waals surface area contributed by atoms with Crippen molar-refractivity contribution >= 4 is 39.4 Å². The molecule has 0 bridgehead atoms. The lowest BCUT2D eigenvalue weighted by molar-refractivity contribution is -0.143. The molecule has 0 saturated heterocycles. The van der Waals surface area contributed by atoms with E-state index in [1.807, 2.05) is 0 Å². The highest BCUT2D eigenvalue weighted by Crippen LogP contribution is 2.28. The first-order valence-electron chi connectivity index (χ1n) is 6.00. The fourth-order valence-electron chi connectivity index (χ4n) is 1.44. The van der Waals surface area contributed by atoms with E-state index in [0.29, 0.717) is 21.7 Å². The Bertz CT molecular complexity index is 509. The third-order valence-electron chi connectivity index (χ3n) is 2.59. The van der Waals surface area contributed by atoms with Crippen LogP contribution in [0.25, 0.3) is 0 Å². The minimum Gasteiger partial charge on any atom is -0.480 e. The zero-order valence-corrected chi connectivity index (χ0v) is 13.4. The first kappa shape index (κ1) is 16.8. The van der Waals surface area contributed by atoms with E-state index in [1.54, 1.807) is 32.0 Å². The predicted molar refractivity (Wildman–Crippen MR) is 79.1 cm³/mol. The topological polar surface area (TPSA) is 75.6 Å². The summed E-state index contributed by atoms with van der Waals surface area (Å²) in [6, 6.07) is 4.00. The summed E-state index contributed by atoms with van der Waals surface area (Å²) in [5.74, 6) is -1.10. The maximum absolute atomic E-state index is 11.9. The first-order chi connectivity index (χ1) is 9.35. The lowest BCUT2D eigenvalue weighted by Crippen LogP contribution is -2.45. The molecule has 0 aliphatic heterocycles. The molecule has 2 atom stereocenters. The first-order valence-corrected chi connectivity index (χ1v) is 7.17. The van der Waals surface area contributed by atoms with Crippen LogP contribution in [0.2, 0.25) is 5.02 Å². The molecule has 2 N–H and O–H groups in total. The summed E-state index contributed by atoms with van der Waals surface area (Å²) < 4.78 is 6.10. The van der Waals surface area contributed by atoms with Gasteiger partial charge < -0.3 is 15.2 Å². The van der Waals surface area contributed by atoms with Crippen molar-refractivity contribution in [3.8, 4) is 5.75 Å². The molecular weight excluding hydrogens is 350 g/mol. The Hall–Kier alpha value is -1.27. The van der Waals surface area contributed by atoms with Crippen LogP contribution in [0.5, 0.6) is 5.75 Å². The smallest absolute Gasteiger partial charge is 0.326 e. The van der Waals surface area contributed by atoms with E-state index in [9.17, 15) is 9.59 Å². The van der Waals surface area contributed by atoms with Crippen LogP contribution < -0.4 is 10.1 Å². The van der Waals surface area contributed by atoms with Crippen molar-refractivity contribution in [3.05, 3.63) is 27.7 Å². The fraction of sp³-hybridized carbons (Fsp3) is 0.385. The molecule has 0 spiro atoms. The highest BCUT2D eigenvalue weighted by atomic mass is 79.9. The van der Waals surface area contributed by atoms with Gasteiger partial charge in [-0.05, 0) is 47.5 Å². The number of benzene rings is 1. The number of carbonyl (C=O) groups is 2. The molecule has 1 aromatic carbocycles. The van der Waals surface area contributed by atoms with Crippen molar-refractivity contribution in [1.29, 1.82) is 0 Å². The van der Waals surface area contributed by atoms with Crippen LogP contribution in [0.15, 0.2) is 22.7 Å². The number of hydrogen-bond donors (Lipinski definition) is 2. The molecule has 0 saturated carbocycles. The van der Waals surface area contributed by atoms with Crippen LogP contribution in [0.4, 0.5) is 0 Å². The minimum absolute atomic E-state index is 0.304. The van der Waals surface area contributed by atoms with Gasteiger partial charge in [-0.15, -0.1) is 0 Å². The predicted octanol–water partition coefficient (Wildman–Crippen LogP) is 2.85. The zero-order chi connectivity index (χ0) is 15.3. The molecule has 0 aliphatic rings. The highest BCUT2D eigenvalue weighted by Gasteiger charge is 2.22. The monoisotopic (exact) mass is 363 g/mol. The normalized spacial score (nSPS) is 13.4. The lowest BCUT2D eigenvalue weighted by atomic mass is 10.2. The average molecular weight is 365 g/mol. The minimum atomic E-state index is -1.07. The van der Waals surface area contributed by atoms with Crippen molar-refractivity contribution in [1.82, 2.24) is 5.32 Å². The van der Waals surface area contributed by atoms with E-state index in [4.69, 9.17) is 21.4 Å². The second kappa shape index (κ2) is 7.50. The number of ether oxygens (including phenoxy) is 1. The molecule has 0 radical (unpaired) electrons. The van der Waals surface area contributed by atoms with Crippen LogP contribution in [-0.2, 0) is 9.59 Å². The third kappa shape index (κ3) is 4.68. The summed E-state index contributed by atoms with van der Waals surface area (Å²) in [4.78, 5) is 22.7. The Morgan fingerprint density at radius 3 is 2.65 bits per heavy atom. The van der Waals surface area contributed by atoms with Gasteiger partial charge in [-0.2, -0.15) is 0 Å². The van der Waals surface area contributed by atoms with Gasteiger partial charge in [-0.25, -0.2) is 4.79 Å². The number of hydrogen-bond acceptors (Lipinski definition) is 3. The summed E-state index contributed by atoms with van der Waals surface area (Å²) in [7, 11) is 0. The Labute approximate surface area is 130 Å². The number of halogens is 2. The van der Waals surface area contributed by atoms with Crippen LogP contribution in [0.1, 0.15) is 20.3 Å². The molecule has 1 amide bonds. The molecule has 20 heavy (non-hydrogen) atoms. The SMILES string of the molecule is CC[C@@H](NC(=O)C(C)Oc1ccc(Cl)cc1Br)C(=O)O. The molecule has 7 heteroatoms. The quantitative estimate of drug-likeness (QED) is 0.814. The maximum Gasteiger partial charge on any atom is 0.326 e. The van der Waals surface area contributed by atoms with Crippen molar-refractivity contribution in [2.45, 2.75) is 32.4 Å². The lowest BCUT2D eigenvalue weighted by Gasteiger charge is -2.18. The Morgan fingerprint density at radius 1 is 1.50 bits per heavy atom. The van der Waals surface area contributed by atoms with Crippen molar-refractivity contribution < 1.29 is 19.4 Å². The molecule has 1 unspecified atom stereocenters.